The minimum atomic E-state index is -0.381. The maximum Gasteiger partial charge on any atom is 0.309 e. The molecule has 1 aromatic carbocycles. The van der Waals surface area contributed by atoms with Gasteiger partial charge in [0.2, 0.25) is 0 Å². The molecule has 1 N–H and O–H groups in total. The summed E-state index contributed by atoms with van der Waals surface area (Å²) in [5, 5.41) is 9.70. The van der Waals surface area contributed by atoms with E-state index in [-0.39, 0.29) is 52.4 Å². The summed E-state index contributed by atoms with van der Waals surface area (Å²) in [7, 11) is 0. The molecule has 3 rings (SSSR count). The number of phenolic OH excluding ortho intramolecular Hbond substituents is 1. The standard InChI is InChI=1S/C30H46O5/c1-7-9-16-34-27(32)20(3)17-23(18-21(8-2)22-10-12-25(31)13-11-22)28(33)35-26-19-24-14-15-30(26,6)29(24,4)5/h10-13,20-21,23-24,26,31H,7-9,14-19H2,1-6H3. The van der Waals surface area contributed by atoms with Crippen LogP contribution in [0.25, 0.3) is 0 Å². The Hall–Kier alpha value is -2.04. The van der Waals surface area contributed by atoms with Gasteiger partial charge in [0.05, 0.1) is 18.4 Å². The van der Waals surface area contributed by atoms with Gasteiger partial charge < -0.3 is 14.6 Å². The van der Waals surface area contributed by atoms with Crippen molar-refractivity contribution >= 4 is 11.9 Å². The molecule has 0 amide bonds. The normalized spacial score (nSPS) is 27.3. The largest absolute Gasteiger partial charge is 0.508 e. The first kappa shape index (κ1) is 27.5. The maximum atomic E-state index is 13.7. The summed E-state index contributed by atoms with van der Waals surface area (Å²) in [6.07, 6.45) is 6.90. The van der Waals surface area contributed by atoms with Crippen LogP contribution < -0.4 is 0 Å². The minimum absolute atomic E-state index is 0.00366. The highest BCUT2D eigenvalue weighted by molar-refractivity contribution is 5.76. The number of hydrogen-bond donors (Lipinski definition) is 1. The third kappa shape index (κ3) is 5.86. The molecule has 0 radical (unpaired) electrons. The quantitative estimate of drug-likeness (QED) is 0.254. The maximum absolute atomic E-state index is 13.7. The van der Waals surface area contributed by atoms with Crippen molar-refractivity contribution in [3.63, 3.8) is 0 Å². The zero-order valence-electron chi connectivity index (χ0n) is 22.6. The van der Waals surface area contributed by atoms with E-state index in [4.69, 9.17) is 9.47 Å². The fourth-order valence-corrected chi connectivity index (χ4v) is 6.44. The van der Waals surface area contributed by atoms with Crippen molar-refractivity contribution in [2.45, 2.75) is 105 Å². The van der Waals surface area contributed by atoms with Crippen molar-refractivity contribution in [2.75, 3.05) is 6.61 Å². The summed E-state index contributed by atoms with van der Waals surface area (Å²) < 4.78 is 11.7. The molecule has 0 saturated heterocycles. The molecule has 35 heavy (non-hydrogen) atoms. The van der Waals surface area contributed by atoms with E-state index < -0.39 is 0 Å². The predicted octanol–water partition coefficient (Wildman–Crippen LogP) is 7.02. The number of esters is 2. The van der Waals surface area contributed by atoms with Crippen LogP contribution in [0.5, 0.6) is 5.75 Å². The number of carbonyl (C=O) groups is 2. The highest BCUT2D eigenvalue weighted by Crippen LogP contribution is 2.66. The van der Waals surface area contributed by atoms with E-state index in [1.54, 1.807) is 12.1 Å². The SMILES string of the molecule is CCCCOC(=O)C(C)CC(CC(CC)c1ccc(O)cc1)C(=O)OC1CC2CCC1(C)C2(C)C. The fourth-order valence-electron chi connectivity index (χ4n) is 6.44. The number of unbranched alkanes of at least 4 members (excludes halogenated alkanes) is 1. The lowest BCUT2D eigenvalue weighted by atomic mass is 9.70. The third-order valence-electron chi connectivity index (χ3n) is 9.51. The van der Waals surface area contributed by atoms with E-state index in [9.17, 15) is 14.7 Å². The second kappa shape index (κ2) is 11.3. The first-order valence-electron chi connectivity index (χ1n) is 13.7. The number of aromatic hydroxyl groups is 1. The lowest BCUT2D eigenvalue weighted by molar-refractivity contribution is -0.163. The molecule has 5 nitrogen and oxygen atoms in total. The van der Waals surface area contributed by atoms with Gasteiger partial charge in [0.1, 0.15) is 11.9 Å². The van der Waals surface area contributed by atoms with Crippen LogP contribution in [0.1, 0.15) is 104 Å². The molecule has 2 saturated carbocycles. The Morgan fingerprint density at radius 1 is 1.09 bits per heavy atom. The van der Waals surface area contributed by atoms with Crippen molar-refractivity contribution in [3.8, 4) is 5.75 Å². The fraction of sp³-hybridized carbons (Fsp3) is 0.733. The highest BCUT2D eigenvalue weighted by atomic mass is 16.5. The molecule has 0 heterocycles. The molecule has 2 fully saturated rings. The van der Waals surface area contributed by atoms with Crippen molar-refractivity contribution < 1.29 is 24.2 Å². The summed E-state index contributed by atoms with van der Waals surface area (Å²) in [6, 6.07) is 7.23. The first-order chi connectivity index (χ1) is 16.5. The van der Waals surface area contributed by atoms with Crippen molar-refractivity contribution in [1.82, 2.24) is 0 Å². The summed E-state index contributed by atoms with van der Waals surface area (Å²) in [4.78, 5) is 26.3. The summed E-state index contributed by atoms with van der Waals surface area (Å²) in [5.74, 6) is -0.190. The van der Waals surface area contributed by atoms with Gasteiger partial charge in [-0.15, -0.1) is 0 Å². The molecule has 0 aromatic heterocycles. The molecule has 0 aliphatic heterocycles. The number of benzene rings is 1. The molecule has 2 aliphatic carbocycles. The van der Waals surface area contributed by atoms with E-state index in [2.05, 4.69) is 34.6 Å². The smallest absolute Gasteiger partial charge is 0.309 e. The number of phenols is 1. The molecule has 6 unspecified atom stereocenters. The molecule has 0 spiro atoms. The van der Waals surface area contributed by atoms with Gasteiger partial charge in [-0.25, -0.2) is 0 Å². The van der Waals surface area contributed by atoms with Crippen LogP contribution in [0, 0.1) is 28.6 Å². The molecule has 6 atom stereocenters. The second-order valence-corrected chi connectivity index (χ2v) is 11.8. The Morgan fingerprint density at radius 2 is 1.77 bits per heavy atom. The Balaban J connectivity index is 1.75. The zero-order valence-corrected chi connectivity index (χ0v) is 22.6. The summed E-state index contributed by atoms with van der Waals surface area (Å²) >= 11 is 0. The first-order valence-corrected chi connectivity index (χ1v) is 13.7. The molecule has 5 heteroatoms. The van der Waals surface area contributed by atoms with Gasteiger partial charge in [0, 0.05) is 5.41 Å². The van der Waals surface area contributed by atoms with Crippen molar-refractivity contribution in [1.29, 1.82) is 0 Å². The van der Waals surface area contributed by atoms with Gasteiger partial charge in [-0.3, -0.25) is 9.59 Å². The average molecular weight is 487 g/mol. The molecular formula is C30H46O5. The van der Waals surface area contributed by atoms with Gasteiger partial charge in [0.15, 0.2) is 0 Å². The number of hydrogen-bond acceptors (Lipinski definition) is 5. The van der Waals surface area contributed by atoms with E-state index in [0.29, 0.717) is 25.4 Å². The van der Waals surface area contributed by atoms with Crippen LogP contribution >= 0.6 is 0 Å². The third-order valence-corrected chi connectivity index (χ3v) is 9.51. The van der Waals surface area contributed by atoms with Crippen LogP contribution in [0.15, 0.2) is 24.3 Å². The second-order valence-electron chi connectivity index (χ2n) is 11.8. The number of carbonyl (C=O) groups excluding carboxylic acids is 2. The van der Waals surface area contributed by atoms with Crippen LogP contribution in [-0.4, -0.2) is 29.8 Å². The predicted molar refractivity (Wildman–Crippen MR) is 138 cm³/mol. The highest BCUT2D eigenvalue weighted by Gasteiger charge is 2.63. The van der Waals surface area contributed by atoms with Crippen LogP contribution in [0.2, 0.25) is 0 Å². The summed E-state index contributed by atoms with van der Waals surface area (Å²) in [6.45, 7) is 13.4. The Kier molecular flexibility index (Phi) is 8.93. The van der Waals surface area contributed by atoms with Crippen LogP contribution in [0.3, 0.4) is 0 Å². The number of rotatable bonds is 12. The molecule has 1 aromatic rings. The Bertz CT molecular complexity index is 860. The Morgan fingerprint density at radius 3 is 2.31 bits per heavy atom. The molecule has 2 aliphatic rings. The zero-order chi connectivity index (χ0) is 25.8. The minimum Gasteiger partial charge on any atom is -0.508 e. The van der Waals surface area contributed by atoms with Crippen molar-refractivity contribution in [2.24, 2.45) is 28.6 Å². The topological polar surface area (TPSA) is 72.8 Å². The lowest BCUT2D eigenvalue weighted by Crippen LogP contribution is -2.40. The Labute approximate surface area is 212 Å². The van der Waals surface area contributed by atoms with Crippen LogP contribution in [0.4, 0.5) is 0 Å². The summed E-state index contributed by atoms with van der Waals surface area (Å²) in [5.41, 5.74) is 1.26. The van der Waals surface area contributed by atoms with Gasteiger partial charge in [-0.2, -0.15) is 0 Å². The van der Waals surface area contributed by atoms with Gasteiger partial charge in [0.25, 0.3) is 0 Å². The van der Waals surface area contributed by atoms with E-state index >= 15 is 0 Å². The average Bonchev–Trinajstić information content (AvgIpc) is 3.16. The van der Waals surface area contributed by atoms with Gasteiger partial charge in [-0.05, 0) is 79.9 Å². The van der Waals surface area contributed by atoms with Crippen LogP contribution in [-0.2, 0) is 19.1 Å². The van der Waals surface area contributed by atoms with Crippen molar-refractivity contribution in [3.05, 3.63) is 29.8 Å². The van der Waals surface area contributed by atoms with Gasteiger partial charge in [-0.1, -0.05) is 60.1 Å². The monoisotopic (exact) mass is 486 g/mol. The molecular weight excluding hydrogens is 440 g/mol. The lowest BCUT2D eigenvalue weighted by Gasteiger charge is -2.39. The van der Waals surface area contributed by atoms with E-state index in [1.807, 2.05) is 19.1 Å². The van der Waals surface area contributed by atoms with E-state index in [0.717, 1.165) is 37.7 Å². The number of fused-ring (bicyclic) bond motifs is 2. The van der Waals surface area contributed by atoms with E-state index in [1.165, 1.54) is 6.42 Å². The molecule has 196 valence electrons. The molecule has 2 bridgehead atoms. The van der Waals surface area contributed by atoms with Gasteiger partial charge >= 0.3 is 11.9 Å². The number of ether oxygens (including phenoxy) is 2.